The third-order valence-electron chi connectivity index (χ3n) is 1.93. The summed E-state index contributed by atoms with van der Waals surface area (Å²) in [5.41, 5.74) is 7.60. The molecule has 0 fully saturated rings. The highest BCUT2D eigenvalue weighted by Crippen LogP contribution is 2.31. The van der Waals surface area contributed by atoms with Gasteiger partial charge in [-0.2, -0.15) is 0 Å². The van der Waals surface area contributed by atoms with Crippen LogP contribution in [0.25, 0.3) is 11.1 Å². The van der Waals surface area contributed by atoms with Crippen LogP contribution in [0.1, 0.15) is 0 Å². The lowest BCUT2D eigenvalue weighted by molar-refractivity contribution is 0.456. The smallest absolute Gasteiger partial charge is 0.220 e. The van der Waals surface area contributed by atoms with Gasteiger partial charge in [-0.1, -0.05) is 0 Å². The van der Waals surface area contributed by atoms with Crippen LogP contribution in [0.5, 0.6) is 5.88 Å². The molecule has 2 rings (SSSR count). The average Bonchev–Trinajstić information content (AvgIpc) is 2.19. The van der Waals surface area contributed by atoms with E-state index < -0.39 is 0 Å². The van der Waals surface area contributed by atoms with Crippen molar-refractivity contribution in [3.05, 3.63) is 36.8 Å². The SMILES string of the molecule is Nc1ccnc(O)c1-c1ccncc1. The van der Waals surface area contributed by atoms with Crippen LogP contribution < -0.4 is 5.73 Å². The molecule has 0 unspecified atom stereocenters. The predicted octanol–water partition coefficient (Wildman–Crippen LogP) is 1.43. The van der Waals surface area contributed by atoms with Crippen molar-refractivity contribution in [2.75, 3.05) is 5.73 Å². The molecule has 70 valence electrons. The molecule has 14 heavy (non-hydrogen) atoms. The van der Waals surface area contributed by atoms with E-state index in [0.29, 0.717) is 11.3 Å². The normalized spacial score (nSPS) is 10.0. The molecule has 0 amide bonds. The first kappa shape index (κ1) is 8.50. The van der Waals surface area contributed by atoms with Crippen molar-refractivity contribution in [3.8, 4) is 17.0 Å². The molecule has 0 aliphatic heterocycles. The zero-order valence-corrected chi connectivity index (χ0v) is 7.38. The molecule has 0 saturated carbocycles. The minimum atomic E-state index is -0.0591. The molecule has 0 spiro atoms. The van der Waals surface area contributed by atoms with Crippen LogP contribution in [0.3, 0.4) is 0 Å². The van der Waals surface area contributed by atoms with Crippen molar-refractivity contribution in [1.29, 1.82) is 0 Å². The van der Waals surface area contributed by atoms with E-state index in [2.05, 4.69) is 9.97 Å². The summed E-state index contributed by atoms with van der Waals surface area (Å²) in [6, 6.07) is 5.19. The molecule has 2 aromatic rings. The molecule has 0 aromatic carbocycles. The predicted molar refractivity (Wildman–Crippen MR) is 53.5 cm³/mol. The van der Waals surface area contributed by atoms with Crippen LogP contribution in [0.4, 0.5) is 5.69 Å². The summed E-state index contributed by atoms with van der Waals surface area (Å²) in [6.45, 7) is 0. The van der Waals surface area contributed by atoms with Gasteiger partial charge in [0.2, 0.25) is 5.88 Å². The van der Waals surface area contributed by atoms with Gasteiger partial charge in [-0.3, -0.25) is 4.98 Å². The zero-order valence-electron chi connectivity index (χ0n) is 7.38. The van der Waals surface area contributed by atoms with E-state index in [0.717, 1.165) is 5.56 Å². The Morgan fingerprint density at radius 2 is 1.79 bits per heavy atom. The van der Waals surface area contributed by atoms with Crippen LogP contribution in [0, 0.1) is 0 Å². The summed E-state index contributed by atoms with van der Waals surface area (Å²) in [5, 5.41) is 9.53. The maximum Gasteiger partial charge on any atom is 0.220 e. The Balaban J connectivity index is 2.63. The van der Waals surface area contributed by atoms with Crippen LogP contribution in [-0.2, 0) is 0 Å². The summed E-state index contributed by atoms with van der Waals surface area (Å²) in [7, 11) is 0. The summed E-state index contributed by atoms with van der Waals surface area (Å²) in [5.74, 6) is -0.0591. The van der Waals surface area contributed by atoms with Crippen molar-refractivity contribution >= 4 is 5.69 Å². The van der Waals surface area contributed by atoms with Gasteiger partial charge in [-0.05, 0) is 23.8 Å². The molecule has 4 heteroatoms. The Hall–Kier alpha value is -2.10. The summed E-state index contributed by atoms with van der Waals surface area (Å²) < 4.78 is 0. The maximum atomic E-state index is 9.53. The number of hydrogen-bond donors (Lipinski definition) is 2. The number of nitrogens with zero attached hydrogens (tertiary/aromatic N) is 2. The lowest BCUT2D eigenvalue weighted by Gasteiger charge is -2.05. The molecule has 4 nitrogen and oxygen atoms in total. The van der Waals surface area contributed by atoms with Gasteiger partial charge in [-0.15, -0.1) is 0 Å². The summed E-state index contributed by atoms with van der Waals surface area (Å²) in [4.78, 5) is 7.66. The molecule has 2 heterocycles. The number of hydrogen-bond acceptors (Lipinski definition) is 4. The lowest BCUT2D eigenvalue weighted by Crippen LogP contribution is -1.91. The number of aromatic nitrogens is 2. The molecular weight excluding hydrogens is 178 g/mol. The fourth-order valence-corrected chi connectivity index (χ4v) is 1.28. The van der Waals surface area contributed by atoms with E-state index >= 15 is 0 Å². The second kappa shape index (κ2) is 3.33. The Morgan fingerprint density at radius 1 is 1.07 bits per heavy atom. The minimum absolute atomic E-state index is 0.0591. The van der Waals surface area contributed by atoms with E-state index in [1.54, 1.807) is 30.6 Å². The first-order chi connectivity index (χ1) is 6.79. The highest BCUT2D eigenvalue weighted by Gasteiger charge is 2.08. The Labute approximate surface area is 81.1 Å². The standard InChI is InChI=1S/C10H9N3O/c11-8-3-6-13-10(14)9(8)7-1-4-12-5-2-7/h1-6H,(H3,11,13,14). The van der Waals surface area contributed by atoms with E-state index in [-0.39, 0.29) is 5.88 Å². The number of nitrogens with two attached hydrogens (primary N) is 1. The van der Waals surface area contributed by atoms with Crippen molar-refractivity contribution in [2.45, 2.75) is 0 Å². The van der Waals surface area contributed by atoms with E-state index in [1.807, 2.05) is 0 Å². The third kappa shape index (κ3) is 1.37. The quantitative estimate of drug-likeness (QED) is 0.708. The van der Waals surface area contributed by atoms with E-state index in [1.165, 1.54) is 6.20 Å². The summed E-state index contributed by atoms with van der Waals surface area (Å²) in [6.07, 6.45) is 4.75. The van der Waals surface area contributed by atoms with Crippen molar-refractivity contribution < 1.29 is 5.11 Å². The van der Waals surface area contributed by atoms with Gasteiger partial charge in [0, 0.05) is 24.3 Å². The highest BCUT2D eigenvalue weighted by atomic mass is 16.3. The number of rotatable bonds is 1. The van der Waals surface area contributed by atoms with Gasteiger partial charge in [0.25, 0.3) is 0 Å². The molecule has 0 atom stereocenters. The molecule has 0 radical (unpaired) electrons. The third-order valence-corrected chi connectivity index (χ3v) is 1.93. The molecule has 0 aliphatic rings. The molecule has 0 bridgehead atoms. The zero-order chi connectivity index (χ0) is 9.97. The highest BCUT2D eigenvalue weighted by molar-refractivity contribution is 5.79. The van der Waals surface area contributed by atoms with Crippen molar-refractivity contribution in [3.63, 3.8) is 0 Å². The monoisotopic (exact) mass is 187 g/mol. The Kier molecular flexibility index (Phi) is 2.02. The van der Waals surface area contributed by atoms with E-state index in [9.17, 15) is 5.11 Å². The topological polar surface area (TPSA) is 72.0 Å². The number of nitrogen functional groups attached to an aromatic ring is 1. The van der Waals surface area contributed by atoms with Gasteiger partial charge in [0.15, 0.2) is 0 Å². The Bertz CT molecular complexity index is 422. The Morgan fingerprint density at radius 3 is 2.43 bits per heavy atom. The first-order valence-corrected chi connectivity index (χ1v) is 4.13. The van der Waals surface area contributed by atoms with Crippen LogP contribution >= 0.6 is 0 Å². The van der Waals surface area contributed by atoms with Crippen LogP contribution in [0.15, 0.2) is 36.8 Å². The molecule has 0 aliphatic carbocycles. The number of pyridine rings is 2. The number of aromatic hydroxyl groups is 1. The fraction of sp³-hybridized carbons (Fsp3) is 0. The van der Waals surface area contributed by atoms with Crippen molar-refractivity contribution in [2.24, 2.45) is 0 Å². The van der Waals surface area contributed by atoms with Crippen molar-refractivity contribution in [1.82, 2.24) is 9.97 Å². The summed E-state index contributed by atoms with van der Waals surface area (Å²) >= 11 is 0. The first-order valence-electron chi connectivity index (χ1n) is 4.13. The van der Waals surface area contributed by atoms with Gasteiger partial charge in [-0.25, -0.2) is 4.98 Å². The number of anilines is 1. The van der Waals surface area contributed by atoms with Gasteiger partial charge >= 0.3 is 0 Å². The molecule has 0 saturated heterocycles. The minimum Gasteiger partial charge on any atom is -0.493 e. The van der Waals surface area contributed by atoms with Gasteiger partial charge in [0.05, 0.1) is 5.56 Å². The lowest BCUT2D eigenvalue weighted by atomic mass is 10.1. The molecule has 3 N–H and O–H groups in total. The molecule has 2 aromatic heterocycles. The van der Waals surface area contributed by atoms with E-state index in [4.69, 9.17) is 5.73 Å². The largest absolute Gasteiger partial charge is 0.493 e. The molecular formula is C10H9N3O. The maximum absolute atomic E-state index is 9.53. The van der Waals surface area contributed by atoms with Crippen LogP contribution in [-0.4, -0.2) is 15.1 Å². The average molecular weight is 187 g/mol. The van der Waals surface area contributed by atoms with Crippen LogP contribution in [0.2, 0.25) is 0 Å². The van der Waals surface area contributed by atoms with Gasteiger partial charge < -0.3 is 10.8 Å². The van der Waals surface area contributed by atoms with Gasteiger partial charge in [0.1, 0.15) is 0 Å². The second-order valence-corrected chi connectivity index (χ2v) is 2.83. The second-order valence-electron chi connectivity index (χ2n) is 2.83. The fourth-order valence-electron chi connectivity index (χ4n) is 1.28.